The lowest BCUT2D eigenvalue weighted by molar-refractivity contribution is -0.122. The molecule has 1 aliphatic carbocycles. The summed E-state index contributed by atoms with van der Waals surface area (Å²) in [5, 5.41) is 5.69. The van der Waals surface area contributed by atoms with Crippen molar-refractivity contribution < 1.29 is 18.7 Å². The fourth-order valence-corrected chi connectivity index (χ4v) is 2.74. The Labute approximate surface area is 149 Å². The summed E-state index contributed by atoms with van der Waals surface area (Å²) in [5.41, 5.74) is 0.551. The third-order valence-electron chi connectivity index (χ3n) is 4.02. The number of hydrogen-bond acceptors (Lipinski definition) is 3. The number of methoxy groups -OCH3 is 1. The summed E-state index contributed by atoms with van der Waals surface area (Å²) in [6, 6.07) is 10.8. The first kappa shape index (κ1) is 17.2. The fourth-order valence-electron chi connectivity index (χ4n) is 2.57. The Morgan fingerprint density at radius 3 is 2.36 bits per heavy atom. The third-order valence-corrected chi connectivity index (χ3v) is 4.25. The van der Waals surface area contributed by atoms with Crippen LogP contribution in [0.3, 0.4) is 0 Å². The molecule has 2 unspecified atom stereocenters. The van der Waals surface area contributed by atoms with E-state index in [9.17, 15) is 14.0 Å². The van der Waals surface area contributed by atoms with Crippen LogP contribution in [0.15, 0.2) is 42.5 Å². The maximum atomic E-state index is 13.6. The molecule has 0 saturated heterocycles. The molecule has 0 aliphatic heterocycles. The van der Waals surface area contributed by atoms with Crippen molar-refractivity contribution in [3.05, 3.63) is 53.3 Å². The quantitative estimate of drug-likeness (QED) is 0.852. The molecule has 1 aliphatic rings. The highest BCUT2D eigenvalue weighted by Gasteiger charge is 2.48. The van der Waals surface area contributed by atoms with Crippen molar-refractivity contribution in [2.75, 3.05) is 17.7 Å². The molecule has 3 rings (SSSR count). The molecule has 5 nitrogen and oxygen atoms in total. The summed E-state index contributed by atoms with van der Waals surface area (Å²) in [4.78, 5) is 24.5. The normalized spacial score (nSPS) is 18.4. The molecule has 2 aromatic rings. The summed E-state index contributed by atoms with van der Waals surface area (Å²) in [7, 11) is 1.49. The Bertz CT molecular complexity index is 828. The third kappa shape index (κ3) is 3.91. The molecule has 130 valence electrons. The molecule has 0 spiro atoms. The Kier molecular flexibility index (Phi) is 4.90. The molecule has 25 heavy (non-hydrogen) atoms. The number of carbonyl (C=O) groups is 2. The number of para-hydroxylation sites is 1. The van der Waals surface area contributed by atoms with Crippen molar-refractivity contribution >= 4 is 34.8 Å². The molecular formula is C18H16ClFN2O3. The lowest BCUT2D eigenvalue weighted by atomic mass is 10.2. The van der Waals surface area contributed by atoms with Gasteiger partial charge in [-0.2, -0.15) is 0 Å². The molecule has 0 heterocycles. The molecule has 1 fully saturated rings. The summed E-state index contributed by atoms with van der Waals surface area (Å²) in [6.45, 7) is 0. The van der Waals surface area contributed by atoms with Gasteiger partial charge in [0.25, 0.3) is 0 Å². The van der Waals surface area contributed by atoms with Crippen molar-refractivity contribution in [2.45, 2.75) is 6.42 Å². The number of benzene rings is 2. The summed E-state index contributed by atoms with van der Waals surface area (Å²) >= 11 is 5.93. The molecule has 2 amide bonds. The molecule has 0 radical (unpaired) electrons. The van der Waals surface area contributed by atoms with Gasteiger partial charge in [-0.3, -0.25) is 9.59 Å². The number of nitrogens with one attached hydrogen (secondary N) is 2. The van der Waals surface area contributed by atoms with E-state index in [4.69, 9.17) is 16.3 Å². The first-order valence-electron chi connectivity index (χ1n) is 7.69. The van der Waals surface area contributed by atoms with Gasteiger partial charge in [0.2, 0.25) is 11.8 Å². The van der Waals surface area contributed by atoms with Crippen LogP contribution in [0.1, 0.15) is 6.42 Å². The van der Waals surface area contributed by atoms with Crippen LogP contribution in [0.5, 0.6) is 5.75 Å². The van der Waals surface area contributed by atoms with E-state index in [-0.39, 0.29) is 17.5 Å². The number of carbonyl (C=O) groups excluding carboxylic acids is 2. The number of amides is 2. The van der Waals surface area contributed by atoms with Gasteiger partial charge in [-0.1, -0.05) is 23.7 Å². The van der Waals surface area contributed by atoms with Crippen molar-refractivity contribution in [2.24, 2.45) is 11.8 Å². The Morgan fingerprint density at radius 1 is 1.08 bits per heavy atom. The van der Waals surface area contributed by atoms with Crippen LogP contribution < -0.4 is 15.4 Å². The molecule has 2 N–H and O–H groups in total. The van der Waals surface area contributed by atoms with E-state index in [1.54, 1.807) is 24.3 Å². The van der Waals surface area contributed by atoms with Crippen molar-refractivity contribution in [1.29, 1.82) is 0 Å². The van der Waals surface area contributed by atoms with E-state index in [0.717, 1.165) is 0 Å². The van der Waals surface area contributed by atoms with E-state index in [0.29, 0.717) is 22.9 Å². The molecular weight excluding hydrogens is 347 g/mol. The van der Waals surface area contributed by atoms with Crippen molar-refractivity contribution in [3.8, 4) is 5.75 Å². The number of hydrogen-bond donors (Lipinski definition) is 2. The van der Waals surface area contributed by atoms with Gasteiger partial charge in [0, 0.05) is 5.02 Å². The number of ether oxygens (including phenoxy) is 1. The second-order valence-electron chi connectivity index (χ2n) is 5.75. The minimum absolute atomic E-state index is 0.107. The van der Waals surface area contributed by atoms with Crippen LogP contribution in [0.4, 0.5) is 15.8 Å². The molecule has 2 aromatic carbocycles. The molecule has 0 aromatic heterocycles. The van der Waals surface area contributed by atoms with E-state index in [2.05, 4.69) is 10.6 Å². The predicted octanol–water partition coefficient (Wildman–Crippen LogP) is 3.70. The molecule has 0 bridgehead atoms. The Hall–Kier alpha value is -2.60. The van der Waals surface area contributed by atoms with Gasteiger partial charge in [-0.15, -0.1) is 0 Å². The number of anilines is 2. The minimum atomic E-state index is -0.513. The summed E-state index contributed by atoms with van der Waals surface area (Å²) < 4.78 is 18.8. The van der Waals surface area contributed by atoms with E-state index >= 15 is 0 Å². The average Bonchev–Trinajstić information content (AvgIpc) is 3.38. The van der Waals surface area contributed by atoms with Gasteiger partial charge in [-0.05, 0) is 36.8 Å². The van der Waals surface area contributed by atoms with Crippen LogP contribution in [-0.2, 0) is 9.59 Å². The van der Waals surface area contributed by atoms with E-state index in [1.165, 1.54) is 25.3 Å². The smallest absolute Gasteiger partial charge is 0.228 e. The lowest BCUT2D eigenvalue weighted by Gasteiger charge is -2.10. The van der Waals surface area contributed by atoms with Crippen molar-refractivity contribution in [1.82, 2.24) is 0 Å². The first-order valence-corrected chi connectivity index (χ1v) is 8.07. The van der Waals surface area contributed by atoms with Crippen LogP contribution in [0.25, 0.3) is 0 Å². The zero-order valence-electron chi connectivity index (χ0n) is 13.4. The molecule has 1 saturated carbocycles. The van der Waals surface area contributed by atoms with Crippen LogP contribution in [-0.4, -0.2) is 18.9 Å². The summed E-state index contributed by atoms with van der Waals surface area (Å²) in [6.07, 6.45) is 0.412. The molecule has 7 heteroatoms. The monoisotopic (exact) mass is 362 g/mol. The van der Waals surface area contributed by atoms with Crippen LogP contribution in [0, 0.1) is 17.7 Å². The van der Waals surface area contributed by atoms with Gasteiger partial charge >= 0.3 is 0 Å². The van der Waals surface area contributed by atoms with E-state index < -0.39 is 17.7 Å². The van der Waals surface area contributed by atoms with E-state index in [1.807, 2.05) is 0 Å². The SMILES string of the molecule is COc1ccc(Cl)cc1NC(=O)C1CC1C(=O)Nc1ccccc1F. The second-order valence-corrected chi connectivity index (χ2v) is 6.19. The minimum Gasteiger partial charge on any atom is -0.495 e. The highest BCUT2D eigenvalue weighted by Crippen LogP contribution is 2.41. The largest absolute Gasteiger partial charge is 0.495 e. The number of halogens is 2. The lowest BCUT2D eigenvalue weighted by Crippen LogP contribution is -2.21. The van der Waals surface area contributed by atoms with Crippen molar-refractivity contribution in [3.63, 3.8) is 0 Å². The average molecular weight is 363 g/mol. The number of rotatable bonds is 5. The maximum absolute atomic E-state index is 13.6. The standard InChI is InChI=1S/C18H16ClFN2O3/c1-25-16-7-6-10(19)8-15(16)22-18(24)12-9-11(12)17(23)21-14-5-3-2-4-13(14)20/h2-8,11-12H,9H2,1H3,(H,21,23)(H,22,24). The first-order chi connectivity index (χ1) is 12.0. The zero-order chi connectivity index (χ0) is 18.0. The van der Waals surface area contributed by atoms with Gasteiger partial charge in [0.1, 0.15) is 11.6 Å². The van der Waals surface area contributed by atoms with Crippen LogP contribution >= 0.6 is 11.6 Å². The summed E-state index contributed by atoms with van der Waals surface area (Å²) in [5.74, 6) is -1.65. The Balaban J connectivity index is 1.62. The topological polar surface area (TPSA) is 67.4 Å². The highest BCUT2D eigenvalue weighted by atomic mass is 35.5. The van der Waals surface area contributed by atoms with Gasteiger partial charge in [0.05, 0.1) is 30.3 Å². The second kappa shape index (κ2) is 7.11. The fraction of sp³-hybridized carbons (Fsp3) is 0.222. The van der Waals surface area contributed by atoms with Gasteiger partial charge < -0.3 is 15.4 Å². The van der Waals surface area contributed by atoms with Crippen LogP contribution in [0.2, 0.25) is 5.02 Å². The Morgan fingerprint density at radius 2 is 1.72 bits per heavy atom. The molecule has 2 atom stereocenters. The van der Waals surface area contributed by atoms with Gasteiger partial charge in [-0.25, -0.2) is 4.39 Å². The maximum Gasteiger partial charge on any atom is 0.228 e. The van der Waals surface area contributed by atoms with Gasteiger partial charge in [0.15, 0.2) is 0 Å². The zero-order valence-corrected chi connectivity index (χ0v) is 14.1. The predicted molar refractivity (Wildman–Crippen MR) is 93.3 cm³/mol. The highest BCUT2D eigenvalue weighted by molar-refractivity contribution is 6.31.